The second kappa shape index (κ2) is 5.18. The number of nitrogens with zero attached hydrogens (tertiary/aromatic N) is 4. The molecule has 0 saturated heterocycles. The van der Waals surface area contributed by atoms with Gasteiger partial charge in [-0.1, -0.05) is 0 Å². The monoisotopic (exact) mass is 246 g/mol. The molecule has 0 amide bonds. The quantitative estimate of drug-likeness (QED) is 0.888. The fraction of sp³-hybridized carbons (Fsp3) is 0.385. The second-order valence-corrected chi connectivity index (χ2v) is 4.50. The lowest BCUT2D eigenvalue weighted by Gasteiger charge is -2.18. The summed E-state index contributed by atoms with van der Waals surface area (Å²) in [5, 5.41) is 13.7. The van der Waals surface area contributed by atoms with Crippen LogP contribution < -0.4 is 4.90 Å². The summed E-state index contributed by atoms with van der Waals surface area (Å²) in [6.45, 7) is 2.49. The highest BCUT2D eigenvalue weighted by atomic mass is 16.3. The minimum Gasteiger partial charge on any atom is -0.389 e. The van der Waals surface area contributed by atoms with E-state index >= 15 is 0 Å². The molecule has 0 bridgehead atoms. The Morgan fingerprint density at radius 2 is 2.28 bits per heavy atom. The van der Waals surface area contributed by atoms with Crippen LogP contribution >= 0.6 is 0 Å². The third-order valence-corrected chi connectivity index (χ3v) is 2.82. The molecule has 1 N–H and O–H groups in total. The van der Waals surface area contributed by atoms with E-state index in [0.29, 0.717) is 0 Å². The minimum atomic E-state index is -0.474. The highest BCUT2D eigenvalue weighted by Gasteiger charge is 2.07. The minimum absolute atomic E-state index is 0.474. The van der Waals surface area contributed by atoms with Gasteiger partial charge in [-0.2, -0.15) is 5.10 Å². The smallest absolute Gasteiger partial charge is 0.128 e. The van der Waals surface area contributed by atoms with Crippen LogP contribution in [-0.4, -0.2) is 26.9 Å². The number of pyridine rings is 1. The number of aliphatic hydroxyl groups excluding tert-OH is 1. The van der Waals surface area contributed by atoms with Crippen molar-refractivity contribution in [1.29, 1.82) is 0 Å². The largest absolute Gasteiger partial charge is 0.389 e. The molecule has 5 heteroatoms. The Morgan fingerprint density at radius 1 is 1.50 bits per heavy atom. The average Bonchev–Trinajstić information content (AvgIpc) is 2.75. The van der Waals surface area contributed by atoms with E-state index in [1.54, 1.807) is 17.8 Å². The van der Waals surface area contributed by atoms with Crippen LogP contribution in [0.4, 0.5) is 5.82 Å². The van der Waals surface area contributed by atoms with E-state index in [1.807, 2.05) is 43.5 Å². The van der Waals surface area contributed by atoms with Gasteiger partial charge in [0.1, 0.15) is 5.82 Å². The van der Waals surface area contributed by atoms with E-state index in [4.69, 9.17) is 0 Å². The van der Waals surface area contributed by atoms with E-state index in [-0.39, 0.29) is 0 Å². The summed E-state index contributed by atoms with van der Waals surface area (Å²) in [5.74, 6) is 0.845. The van der Waals surface area contributed by atoms with Gasteiger partial charge in [-0.3, -0.25) is 4.68 Å². The first-order valence-corrected chi connectivity index (χ1v) is 5.89. The molecule has 96 valence electrons. The molecule has 0 radical (unpaired) electrons. The van der Waals surface area contributed by atoms with Crippen LogP contribution in [0, 0.1) is 0 Å². The molecular formula is C13H18N4O. The standard InChI is InChI=1S/C13H18N4O/c1-10(18)12-4-5-14-13(6-12)16(2)8-11-7-15-17(3)9-11/h4-7,9-10,18H,8H2,1-3H3/t10-/m1/s1. The summed E-state index contributed by atoms with van der Waals surface area (Å²) in [6, 6.07) is 3.73. The van der Waals surface area contributed by atoms with E-state index in [2.05, 4.69) is 10.1 Å². The molecule has 0 aliphatic heterocycles. The van der Waals surface area contributed by atoms with Crippen molar-refractivity contribution >= 4 is 5.82 Å². The summed E-state index contributed by atoms with van der Waals surface area (Å²) in [5.41, 5.74) is 2.00. The van der Waals surface area contributed by atoms with Gasteiger partial charge in [0.15, 0.2) is 0 Å². The molecule has 5 nitrogen and oxygen atoms in total. The van der Waals surface area contributed by atoms with Crippen molar-refractivity contribution in [2.24, 2.45) is 7.05 Å². The lowest BCUT2D eigenvalue weighted by atomic mass is 10.1. The number of aliphatic hydroxyl groups is 1. The Morgan fingerprint density at radius 3 is 2.89 bits per heavy atom. The van der Waals surface area contributed by atoms with Crippen molar-refractivity contribution in [3.05, 3.63) is 41.9 Å². The SMILES string of the molecule is C[C@@H](O)c1ccnc(N(C)Cc2cnn(C)c2)c1. The van der Waals surface area contributed by atoms with Gasteiger partial charge in [0.05, 0.1) is 12.3 Å². The number of aromatic nitrogens is 3. The number of hydrogen-bond acceptors (Lipinski definition) is 4. The van der Waals surface area contributed by atoms with Crippen molar-refractivity contribution < 1.29 is 5.11 Å². The molecule has 18 heavy (non-hydrogen) atoms. The molecule has 0 aliphatic rings. The third kappa shape index (κ3) is 2.87. The lowest BCUT2D eigenvalue weighted by molar-refractivity contribution is 0.199. The molecule has 1 atom stereocenters. The molecule has 2 aromatic heterocycles. The second-order valence-electron chi connectivity index (χ2n) is 4.50. The van der Waals surface area contributed by atoms with Crippen LogP contribution in [-0.2, 0) is 13.6 Å². The first kappa shape index (κ1) is 12.6. The third-order valence-electron chi connectivity index (χ3n) is 2.82. The zero-order valence-electron chi connectivity index (χ0n) is 10.9. The molecule has 2 aromatic rings. The maximum atomic E-state index is 9.56. The molecule has 2 heterocycles. The van der Waals surface area contributed by atoms with Crippen molar-refractivity contribution in [3.63, 3.8) is 0 Å². The highest BCUT2D eigenvalue weighted by molar-refractivity contribution is 5.41. The van der Waals surface area contributed by atoms with E-state index in [1.165, 1.54) is 0 Å². The van der Waals surface area contributed by atoms with Crippen molar-refractivity contribution in [2.45, 2.75) is 19.6 Å². The predicted molar refractivity (Wildman–Crippen MR) is 70.2 cm³/mol. The fourth-order valence-corrected chi connectivity index (χ4v) is 1.81. The Labute approximate surface area is 107 Å². The molecule has 2 rings (SSSR count). The van der Waals surface area contributed by atoms with Gasteiger partial charge in [-0.05, 0) is 24.6 Å². The van der Waals surface area contributed by atoms with Gasteiger partial charge in [-0.25, -0.2) is 4.98 Å². The van der Waals surface area contributed by atoms with Crippen molar-refractivity contribution in [2.75, 3.05) is 11.9 Å². The summed E-state index contributed by atoms with van der Waals surface area (Å²) < 4.78 is 1.78. The Hall–Kier alpha value is -1.88. The maximum Gasteiger partial charge on any atom is 0.128 e. The van der Waals surface area contributed by atoms with Gasteiger partial charge in [0, 0.05) is 38.6 Å². The zero-order chi connectivity index (χ0) is 13.1. The number of hydrogen-bond donors (Lipinski definition) is 1. The molecule has 0 unspecified atom stereocenters. The van der Waals surface area contributed by atoms with E-state index < -0.39 is 6.10 Å². The van der Waals surface area contributed by atoms with Gasteiger partial charge in [0.25, 0.3) is 0 Å². The summed E-state index contributed by atoms with van der Waals surface area (Å²) in [6.07, 6.45) is 5.07. The number of aryl methyl sites for hydroxylation is 1. The zero-order valence-corrected chi connectivity index (χ0v) is 10.9. The van der Waals surface area contributed by atoms with Crippen molar-refractivity contribution in [3.8, 4) is 0 Å². The molecule has 0 spiro atoms. The summed E-state index contributed by atoms with van der Waals surface area (Å²) in [7, 11) is 3.87. The first-order valence-electron chi connectivity index (χ1n) is 5.89. The van der Waals surface area contributed by atoms with Crippen LogP contribution in [0.25, 0.3) is 0 Å². The number of anilines is 1. The first-order chi connectivity index (χ1) is 8.56. The molecular weight excluding hydrogens is 228 g/mol. The fourth-order valence-electron chi connectivity index (χ4n) is 1.81. The number of rotatable bonds is 4. The van der Waals surface area contributed by atoms with Crippen LogP contribution in [0.2, 0.25) is 0 Å². The maximum absolute atomic E-state index is 9.56. The Kier molecular flexibility index (Phi) is 3.62. The molecule has 0 aliphatic carbocycles. The normalized spacial score (nSPS) is 12.4. The Bertz CT molecular complexity index is 521. The topological polar surface area (TPSA) is 54.2 Å². The summed E-state index contributed by atoms with van der Waals surface area (Å²) >= 11 is 0. The van der Waals surface area contributed by atoms with E-state index in [0.717, 1.165) is 23.5 Å². The van der Waals surface area contributed by atoms with Crippen LogP contribution in [0.5, 0.6) is 0 Å². The molecule has 0 aromatic carbocycles. The lowest BCUT2D eigenvalue weighted by Crippen LogP contribution is -2.17. The van der Waals surface area contributed by atoms with E-state index in [9.17, 15) is 5.11 Å². The van der Waals surface area contributed by atoms with Gasteiger partial charge < -0.3 is 10.0 Å². The molecule has 0 saturated carbocycles. The van der Waals surface area contributed by atoms with Crippen LogP contribution in [0.15, 0.2) is 30.7 Å². The van der Waals surface area contributed by atoms with Crippen LogP contribution in [0.3, 0.4) is 0 Å². The van der Waals surface area contributed by atoms with Crippen LogP contribution in [0.1, 0.15) is 24.2 Å². The summed E-state index contributed by atoms with van der Waals surface area (Å²) in [4.78, 5) is 6.34. The Balaban J connectivity index is 2.13. The molecule has 0 fully saturated rings. The van der Waals surface area contributed by atoms with Crippen molar-refractivity contribution in [1.82, 2.24) is 14.8 Å². The average molecular weight is 246 g/mol. The highest BCUT2D eigenvalue weighted by Crippen LogP contribution is 2.18. The van der Waals surface area contributed by atoms with Gasteiger partial charge in [0.2, 0.25) is 0 Å². The van der Waals surface area contributed by atoms with Gasteiger partial charge in [-0.15, -0.1) is 0 Å². The van der Waals surface area contributed by atoms with Gasteiger partial charge >= 0.3 is 0 Å². The predicted octanol–water partition coefficient (Wildman–Crippen LogP) is 1.50.